The fourth-order valence-corrected chi connectivity index (χ4v) is 0. The number of hydrogen-bond acceptors (Lipinski definition) is 1. The van der Waals surface area contributed by atoms with Crippen LogP contribution in [0.3, 0.4) is 0 Å². The standard InChI is InChI=1S/C4H8.C2H4O2.C2H4/c1-3-4-2;1-2(3)4;1-2/h3H,1,4H2,2H3;1H3,(H,3,4);1-2H2. The van der Waals surface area contributed by atoms with Crippen LogP contribution in [0.25, 0.3) is 0 Å². The van der Waals surface area contributed by atoms with Crippen LogP contribution in [0.1, 0.15) is 20.3 Å². The summed E-state index contributed by atoms with van der Waals surface area (Å²) in [5.74, 6) is -0.833. The van der Waals surface area contributed by atoms with E-state index in [2.05, 4.69) is 26.7 Å². The van der Waals surface area contributed by atoms with E-state index in [0.717, 1.165) is 13.3 Å². The van der Waals surface area contributed by atoms with Crippen LogP contribution >= 0.6 is 0 Å². The van der Waals surface area contributed by atoms with Gasteiger partial charge in [-0.15, -0.1) is 19.7 Å². The number of carboxylic acids is 1. The third-order valence-corrected chi connectivity index (χ3v) is 0.289. The van der Waals surface area contributed by atoms with Gasteiger partial charge in [0.1, 0.15) is 0 Å². The number of allylic oxidation sites excluding steroid dienone is 1. The predicted octanol–water partition coefficient (Wildman–Crippen LogP) is 2.48. The van der Waals surface area contributed by atoms with Crippen LogP contribution in [-0.2, 0) is 4.79 Å². The van der Waals surface area contributed by atoms with Crippen molar-refractivity contribution < 1.29 is 9.90 Å². The van der Waals surface area contributed by atoms with Crippen LogP contribution in [-0.4, -0.2) is 11.1 Å². The first-order valence-corrected chi connectivity index (χ1v) is 2.95. The molecule has 0 atom stereocenters. The molecule has 0 aromatic heterocycles. The Morgan fingerprint density at radius 1 is 1.60 bits per heavy atom. The molecule has 0 aliphatic rings. The Morgan fingerprint density at radius 3 is 1.70 bits per heavy atom. The summed E-state index contributed by atoms with van der Waals surface area (Å²) >= 11 is 0. The van der Waals surface area contributed by atoms with Crippen molar-refractivity contribution in [2.75, 3.05) is 0 Å². The van der Waals surface area contributed by atoms with Crippen molar-refractivity contribution in [1.29, 1.82) is 0 Å². The number of aliphatic carboxylic acids is 1. The molecule has 2 nitrogen and oxygen atoms in total. The summed E-state index contributed by atoms with van der Waals surface area (Å²) in [5.41, 5.74) is 0. The van der Waals surface area contributed by atoms with Gasteiger partial charge >= 0.3 is 0 Å². The van der Waals surface area contributed by atoms with Crippen LogP contribution < -0.4 is 0 Å². The van der Waals surface area contributed by atoms with Crippen LogP contribution in [0, 0.1) is 0 Å². The monoisotopic (exact) mass is 144 g/mol. The summed E-state index contributed by atoms with van der Waals surface area (Å²) in [6.07, 6.45) is 2.96. The maximum absolute atomic E-state index is 9.00. The van der Waals surface area contributed by atoms with Crippen molar-refractivity contribution >= 4 is 5.97 Å². The zero-order valence-corrected chi connectivity index (χ0v) is 6.76. The van der Waals surface area contributed by atoms with E-state index < -0.39 is 5.97 Å². The third-order valence-electron chi connectivity index (χ3n) is 0.289. The van der Waals surface area contributed by atoms with Crippen molar-refractivity contribution in [3.63, 3.8) is 0 Å². The molecule has 0 aliphatic carbocycles. The lowest BCUT2D eigenvalue weighted by atomic mass is 10.5. The molecule has 60 valence electrons. The topological polar surface area (TPSA) is 37.3 Å². The summed E-state index contributed by atoms with van der Waals surface area (Å²) in [6.45, 7) is 12.6. The maximum atomic E-state index is 9.00. The Hall–Kier alpha value is -1.05. The first-order valence-electron chi connectivity index (χ1n) is 2.95. The SMILES string of the molecule is C=C.C=CCC.CC(=O)O. The van der Waals surface area contributed by atoms with Gasteiger partial charge in [-0.05, 0) is 6.42 Å². The normalized spacial score (nSPS) is 5.40. The highest BCUT2D eigenvalue weighted by atomic mass is 16.4. The van der Waals surface area contributed by atoms with Gasteiger partial charge in [0, 0.05) is 6.92 Å². The second-order valence-corrected chi connectivity index (χ2v) is 1.22. The average molecular weight is 144 g/mol. The Bertz CT molecular complexity index is 73.3. The number of carbonyl (C=O) groups is 1. The van der Waals surface area contributed by atoms with E-state index in [0.29, 0.717) is 0 Å². The lowest BCUT2D eigenvalue weighted by Gasteiger charge is -1.59. The molecule has 0 unspecified atom stereocenters. The lowest BCUT2D eigenvalue weighted by Crippen LogP contribution is -1.78. The molecule has 1 N–H and O–H groups in total. The van der Waals surface area contributed by atoms with E-state index in [-0.39, 0.29) is 0 Å². The predicted molar refractivity (Wildman–Crippen MR) is 45.1 cm³/mol. The molecule has 10 heavy (non-hydrogen) atoms. The van der Waals surface area contributed by atoms with Gasteiger partial charge in [-0.3, -0.25) is 4.79 Å². The van der Waals surface area contributed by atoms with E-state index in [9.17, 15) is 0 Å². The number of rotatable bonds is 1. The average Bonchev–Trinajstić information content (AvgIpc) is 1.91. The van der Waals surface area contributed by atoms with E-state index in [1.807, 2.05) is 6.08 Å². The zero-order valence-electron chi connectivity index (χ0n) is 6.76. The van der Waals surface area contributed by atoms with E-state index >= 15 is 0 Å². The van der Waals surface area contributed by atoms with Crippen LogP contribution in [0.4, 0.5) is 0 Å². The van der Waals surface area contributed by atoms with Gasteiger partial charge in [-0.25, -0.2) is 0 Å². The Balaban J connectivity index is -0.0000000787. The lowest BCUT2D eigenvalue weighted by molar-refractivity contribution is -0.134. The molecule has 2 heteroatoms. The Morgan fingerprint density at radius 2 is 1.70 bits per heavy atom. The van der Waals surface area contributed by atoms with Gasteiger partial charge in [-0.2, -0.15) is 0 Å². The highest BCUT2D eigenvalue weighted by Gasteiger charge is 1.65. The quantitative estimate of drug-likeness (QED) is 0.574. The minimum Gasteiger partial charge on any atom is -0.481 e. The second-order valence-electron chi connectivity index (χ2n) is 1.22. The summed E-state index contributed by atoms with van der Waals surface area (Å²) in [7, 11) is 0. The molecule has 0 bridgehead atoms. The third kappa shape index (κ3) is 98400. The van der Waals surface area contributed by atoms with Gasteiger partial charge in [0.25, 0.3) is 5.97 Å². The van der Waals surface area contributed by atoms with Crippen molar-refractivity contribution in [3.8, 4) is 0 Å². The molecule has 0 spiro atoms. The minimum absolute atomic E-state index is 0.833. The summed E-state index contributed by atoms with van der Waals surface area (Å²) in [5, 5.41) is 7.42. The van der Waals surface area contributed by atoms with Crippen LogP contribution in [0.15, 0.2) is 25.8 Å². The fraction of sp³-hybridized carbons (Fsp3) is 0.375. The second kappa shape index (κ2) is 24.6. The number of carboxylic acid groups (broad SMARTS) is 1. The van der Waals surface area contributed by atoms with Gasteiger partial charge < -0.3 is 5.11 Å². The molecule has 0 fully saturated rings. The van der Waals surface area contributed by atoms with Gasteiger partial charge in [0.15, 0.2) is 0 Å². The molecular formula is C8H16O2. The summed E-state index contributed by atoms with van der Waals surface area (Å²) in [6, 6.07) is 0. The number of hydrogen-bond donors (Lipinski definition) is 1. The molecule has 0 amide bonds. The first-order chi connectivity index (χ1) is 4.65. The van der Waals surface area contributed by atoms with Crippen LogP contribution in [0.2, 0.25) is 0 Å². The molecule has 0 saturated heterocycles. The smallest absolute Gasteiger partial charge is 0.300 e. The summed E-state index contributed by atoms with van der Waals surface area (Å²) in [4.78, 5) is 9.00. The highest BCUT2D eigenvalue weighted by molar-refractivity contribution is 5.62. The molecule has 0 saturated carbocycles. The van der Waals surface area contributed by atoms with E-state index in [1.54, 1.807) is 0 Å². The van der Waals surface area contributed by atoms with Crippen LogP contribution in [0.5, 0.6) is 0 Å². The van der Waals surface area contributed by atoms with E-state index in [4.69, 9.17) is 9.90 Å². The molecule has 0 radical (unpaired) electrons. The molecule has 0 aliphatic heterocycles. The van der Waals surface area contributed by atoms with Gasteiger partial charge in [0.05, 0.1) is 0 Å². The van der Waals surface area contributed by atoms with E-state index in [1.165, 1.54) is 0 Å². The first kappa shape index (κ1) is 16.0. The molecule has 0 rings (SSSR count). The molecular weight excluding hydrogens is 128 g/mol. The largest absolute Gasteiger partial charge is 0.481 e. The Labute approximate surface area is 62.9 Å². The highest BCUT2D eigenvalue weighted by Crippen LogP contribution is 1.66. The molecule has 0 heterocycles. The zero-order chi connectivity index (χ0) is 8.99. The van der Waals surface area contributed by atoms with Crippen molar-refractivity contribution in [1.82, 2.24) is 0 Å². The molecule has 0 aromatic carbocycles. The van der Waals surface area contributed by atoms with Crippen molar-refractivity contribution in [3.05, 3.63) is 25.8 Å². The summed E-state index contributed by atoms with van der Waals surface area (Å²) < 4.78 is 0. The molecule has 0 aromatic rings. The van der Waals surface area contributed by atoms with Gasteiger partial charge in [-0.1, -0.05) is 13.0 Å². The Kier molecular flexibility index (Phi) is 39.3. The van der Waals surface area contributed by atoms with Gasteiger partial charge in [0.2, 0.25) is 0 Å². The minimum atomic E-state index is -0.833. The van der Waals surface area contributed by atoms with Crippen molar-refractivity contribution in [2.24, 2.45) is 0 Å². The van der Waals surface area contributed by atoms with Crippen molar-refractivity contribution in [2.45, 2.75) is 20.3 Å². The fourth-order valence-electron chi connectivity index (χ4n) is 0. The maximum Gasteiger partial charge on any atom is 0.300 e.